The topological polar surface area (TPSA) is 41.6 Å². The quantitative estimate of drug-likeness (QED) is 0.906. The van der Waals surface area contributed by atoms with Gasteiger partial charge >= 0.3 is 0 Å². The lowest BCUT2D eigenvalue weighted by atomic mass is 10.1. The van der Waals surface area contributed by atoms with Gasteiger partial charge in [0.05, 0.1) is 7.11 Å². The first-order chi connectivity index (χ1) is 10.1. The fourth-order valence-corrected chi connectivity index (χ4v) is 2.98. The minimum Gasteiger partial charge on any atom is -0.497 e. The fraction of sp³-hybridized carbons (Fsp3) is 0.588. The first kappa shape index (κ1) is 14.4. The number of nitrogens with one attached hydrogen (secondary N) is 1. The van der Waals surface area contributed by atoms with Gasteiger partial charge in [-0.3, -0.25) is 10.1 Å². The molecule has 1 aromatic carbocycles. The largest absolute Gasteiger partial charge is 0.497 e. The Kier molecular flexibility index (Phi) is 3.66. The van der Waals surface area contributed by atoms with Crippen LogP contribution in [0.2, 0.25) is 0 Å². The standard InChI is InChI=1S/C17H24N2O2/c1-4-12(2)11-19-15(18-17(9-10-17)16(19)20)13-5-7-14(21-3)8-6-13/h5-8,12,15,18H,4,9-11H2,1-3H3. The van der Waals surface area contributed by atoms with E-state index in [-0.39, 0.29) is 17.6 Å². The van der Waals surface area contributed by atoms with Gasteiger partial charge in [0.25, 0.3) is 0 Å². The molecule has 1 saturated heterocycles. The summed E-state index contributed by atoms with van der Waals surface area (Å²) in [6.45, 7) is 5.20. The molecule has 1 N–H and O–H groups in total. The maximum atomic E-state index is 12.7. The molecule has 2 fully saturated rings. The number of amides is 1. The molecular formula is C17H24N2O2. The molecule has 0 aromatic heterocycles. The van der Waals surface area contributed by atoms with E-state index in [1.54, 1.807) is 7.11 Å². The second kappa shape index (κ2) is 5.34. The average molecular weight is 288 g/mol. The molecule has 1 amide bonds. The number of rotatable bonds is 5. The Bertz CT molecular complexity index is 522. The lowest BCUT2D eigenvalue weighted by molar-refractivity contribution is -0.131. The van der Waals surface area contributed by atoms with Crippen molar-refractivity contribution in [3.8, 4) is 5.75 Å². The van der Waals surface area contributed by atoms with Crippen molar-refractivity contribution in [2.45, 2.75) is 44.8 Å². The summed E-state index contributed by atoms with van der Waals surface area (Å²) in [4.78, 5) is 14.7. The van der Waals surface area contributed by atoms with E-state index in [4.69, 9.17) is 4.74 Å². The van der Waals surface area contributed by atoms with Crippen molar-refractivity contribution in [1.82, 2.24) is 10.2 Å². The number of methoxy groups -OCH3 is 1. The van der Waals surface area contributed by atoms with Gasteiger partial charge in [-0.15, -0.1) is 0 Å². The summed E-state index contributed by atoms with van der Waals surface area (Å²) < 4.78 is 5.21. The maximum absolute atomic E-state index is 12.7. The molecule has 4 heteroatoms. The molecule has 1 aliphatic carbocycles. The van der Waals surface area contributed by atoms with Gasteiger partial charge in [-0.25, -0.2) is 0 Å². The molecule has 2 atom stereocenters. The van der Waals surface area contributed by atoms with Crippen LogP contribution in [-0.4, -0.2) is 30.0 Å². The molecule has 2 unspecified atom stereocenters. The highest BCUT2D eigenvalue weighted by molar-refractivity contribution is 5.92. The Hall–Kier alpha value is -1.55. The summed E-state index contributed by atoms with van der Waals surface area (Å²) in [6.07, 6.45) is 3.02. The maximum Gasteiger partial charge on any atom is 0.244 e. The first-order valence-electron chi connectivity index (χ1n) is 7.82. The number of ether oxygens (including phenoxy) is 1. The van der Waals surface area contributed by atoms with E-state index in [1.807, 2.05) is 17.0 Å². The van der Waals surface area contributed by atoms with Crippen LogP contribution in [0, 0.1) is 5.92 Å². The molecule has 114 valence electrons. The highest BCUT2D eigenvalue weighted by Gasteiger charge is 2.59. The van der Waals surface area contributed by atoms with Gasteiger partial charge in [0, 0.05) is 6.54 Å². The molecule has 2 aliphatic rings. The molecule has 21 heavy (non-hydrogen) atoms. The molecule has 0 radical (unpaired) electrons. The van der Waals surface area contributed by atoms with Gasteiger partial charge in [-0.1, -0.05) is 32.4 Å². The second-order valence-electron chi connectivity index (χ2n) is 6.37. The zero-order valence-corrected chi connectivity index (χ0v) is 13.1. The number of hydrogen-bond donors (Lipinski definition) is 1. The van der Waals surface area contributed by atoms with Crippen LogP contribution in [-0.2, 0) is 4.79 Å². The summed E-state index contributed by atoms with van der Waals surface area (Å²) in [6, 6.07) is 8.02. The van der Waals surface area contributed by atoms with Crippen molar-refractivity contribution in [3.63, 3.8) is 0 Å². The van der Waals surface area contributed by atoms with Crippen LogP contribution in [0.4, 0.5) is 0 Å². The first-order valence-corrected chi connectivity index (χ1v) is 7.82. The van der Waals surface area contributed by atoms with Gasteiger partial charge in [0.2, 0.25) is 5.91 Å². The van der Waals surface area contributed by atoms with Crippen molar-refractivity contribution in [2.75, 3.05) is 13.7 Å². The van der Waals surface area contributed by atoms with E-state index < -0.39 is 0 Å². The molecule has 1 aromatic rings. The third-order valence-corrected chi connectivity index (χ3v) is 4.78. The van der Waals surface area contributed by atoms with E-state index in [0.717, 1.165) is 37.1 Å². The van der Waals surface area contributed by atoms with Crippen LogP contribution in [0.5, 0.6) is 5.75 Å². The zero-order valence-electron chi connectivity index (χ0n) is 13.1. The van der Waals surface area contributed by atoms with Crippen molar-refractivity contribution in [2.24, 2.45) is 5.92 Å². The summed E-state index contributed by atoms with van der Waals surface area (Å²) in [7, 11) is 1.67. The van der Waals surface area contributed by atoms with Gasteiger partial charge in [0.1, 0.15) is 17.5 Å². The predicted molar refractivity (Wildman–Crippen MR) is 82.0 cm³/mol. The summed E-state index contributed by atoms with van der Waals surface area (Å²) in [5.41, 5.74) is 0.870. The van der Waals surface area contributed by atoms with E-state index in [1.165, 1.54) is 0 Å². The number of carbonyl (C=O) groups is 1. The fourth-order valence-electron chi connectivity index (χ4n) is 2.98. The van der Waals surface area contributed by atoms with Crippen molar-refractivity contribution < 1.29 is 9.53 Å². The molecule has 1 saturated carbocycles. The minimum absolute atomic E-state index is 0.0000869. The Labute approximate surface area is 126 Å². The highest BCUT2D eigenvalue weighted by atomic mass is 16.5. The van der Waals surface area contributed by atoms with Crippen LogP contribution in [0.25, 0.3) is 0 Å². The van der Waals surface area contributed by atoms with Gasteiger partial charge in [0.15, 0.2) is 0 Å². The van der Waals surface area contributed by atoms with Crippen LogP contribution >= 0.6 is 0 Å². The molecular weight excluding hydrogens is 264 g/mol. The normalized spacial score (nSPS) is 24.4. The Morgan fingerprint density at radius 2 is 2.05 bits per heavy atom. The monoisotopic (exact) mass is 288 g/mol. The van der Waals surface area contributed by atoms with Crippen molar-refractivity contribution in [3.05, 3.63) is 29.8 Å². The average Bonchev–Trinajstić information content (AvgIpc) is 3.25. The summed E-state index contributed by atoms with van der Waals surface area (Å²) >= 11 is 0. The molecule has 1 heterocycles. The van der Waals surface area contributed by atoms with Crippen LogP contribution < -0.4 is 10.1 Å². The number of benzene rings is 1. The molecule has 1 spiro atoms. The van der Waals surface area contributed by atoms with Crippen LogP contribution in [0.3, 0.4) is 0 Å². The van der Waals surface area contributed by atoms with Gasteiger partial charge < -0.3 is 9.64 Å². The van der Waals surface area contributed by atoms with Crippen molar-refractivity contribution in [1.29, 1.82) is 0 Å². The van der Waals surface area contributed by atoms with Crippen LogP contribution in [0.15, 0.2) is 24.3 Å². The van der Waals surface area contributed by atoms with Crippen LogP contribution in [0.1, 0.15) is 44.8 Å². The lowest BCUT2D eigenvalue weighted by Gasteiger charge is -2.27. The van der Waals surface area contributed by atoms with Gasteiger partial charge in [-0.2, -0.15) is 0 Å². The zero-order chi connectivity index (χ0) is 15.0. The molecule has 3 rings (SSSR count). The highest BCUT2D eigenvalue weighted by Crippen LogP contribution is 2.46. The molecule has 4 nitrogen and oxygen atoms in total. The molecule has 1 aliphatic heterocycles. The predicted octanol–water partition coefficient (Wildman–Crippen LogP) is 2.70. The Morgan fingerprint density at radius 1 is 1.38 bits per heavy atom. The Balaban J connectivity index is 1.85. The van der Waals surface area contributed by atoms with E-state index in [9.17, 15) is 4.79 Å². The van der Waals surface area contributed by atoms with E-state index >= 15 is 0 Å². The lowest BCUT2D eigenvalue weighted by Crippen LogP contribution is -2.35. The third kappa shape index (κ3) is 2.53. The SMILES string of the molecule is CCC(C)CN1C(=O)C2(CC2)NC1c1ccc(OC)cc1. The minimum atomic E-state index is -0.266. The molecule has 0 bridgehead atoms. The summed E-state index contributed by atoms with van der Waals surface area (Å²) in [5, 5.41) is 3.56. The van der Waals surface area contributed by atoms with Crippen molar-refractivity contribution >= 4 is 5.91 Å². The Morgan fingerprint density at radius 3 is 2.57 bits per heavy atom. The second-order valence-corrected chi connectivity index (χ2v) is 6.37. The van der Waals surface area contributed by atoms with Gasteiger partial charge in [-0.05, 0) is 36.5 Å². The smallest absolute Gasteiger partial charge is 0.244 e. The van der Waals surface area contributed by atoms with E-state index in [2.05, 4.69) is 31.3 Å². The number of hydrogen-bond acceptors (Lipinski definition) is 3. The van der Waals surface area contributed by atoms with E-state index in [0.29, 0.717) is 5.92 Å². The third-order valence-electron chi connectivity index (χ3n) is 4.78. The summed E-state index contributed by atoms with van der Waals surface area (Å²) in [5.74, 6) is 1.65. The number of nitrogens with zero attached hydrogens (tertiary/aromatic N) is 1. The number of carbonyl (C=O) groups excluding carboxylic acids is 1.